The summed E-state index contributed by atoms with van der Waals surface area (Å²) in [4.78, 5) is 2.23. The molecule has 0 aliphatic carbocycles. The first-order valence-electron chi connectivity index (χ1n) is 8.34. The standard InChI is InChI=1S/C18H20ClNO.C2H6/c1-12(2)16-11-14(19)5-6-15(16)13-4-7-17-18(10-13)21-9-8-20(17)3;1-2/h4-7,10-12H,8-9H2,1-3H3;1-2H3. The van der Waals surface area contributed by atoms with Crippen LogP contribution in [0.2, 0.25) is 5.02 Å². The molecule has 1 heterocycles. The van der Waals surface area contributed by atoms with Crippen LogP contribution in [0.5, 0.6) is 5.75 Å². The van der Waals surface area contributed by atoms with Crippen molar-refractivity contribution in [1.29, 1.82) is 0 Å². The molecule has 0 radical (unpaired) electrons. The number of ether oxygens (including phenoxy) is 1. The molecule has 0 fully saturated rings. The number of anilines is 1. The maximum Gasteiger partial charge on any atom is 0.143 e. The third-order valence-corrected chi connectivity index (χ3v) is 4.24. The normalized spacial score (nSPS) is 13.1. The van der Waals surface area contributed by atoms with Crippen LogP contribution in [0.3, 0.4) is 0 Å². The van der Waals surface area contributed by atoms with E-state index in [0.29, 0.717) is 5.92 Å². The first kappa shape index (κ1) is 17.7. The second kappa shape index (κ2) is 7.74. The zero-order valence-corrected chi connectivity index (χ0v) is 15.4. The van der Waals surface area contributed by atoms with Crippen LogP contribution in [0.25, 0.3) is 11.1 Å². The number of rotatable bonds is 2. The molecule has 2 aromatic carbocycles. The molecular weight excluding hydrogens is 306 g/mol. The van der Waals surface area contributed by atoms with Gasteiger partial charge >= 0.3 is 0 Å². The van der Waals surface area contributed by atoms with Crippen molar-refractivity contribution in [1.82, 2.24) is 0 Å². The molecule has 0 aromatic heterocycles. The molecule has 1 aliphatic rings. The predicted molar refractivity (Wildman–Crippen MR) is 101 cm³/mol. The molecular formula is C20H26ClNO. The lowest BCUT2D eigenvalue weighted by Crippen LogP contribution is -2.28. The second-order valence-corrected chi connectivity index (χ2v) is 6.28. The molecule has 23 heavy (non-hydrogen) atoms. The summed E-state index contributed by atoms with van der Waals surface area (Å²) in [5.41, 5.74) is 4.84. The number of hydrogen-bond acceptors (Lipinski definition) is 2. The Morgan fingerprint density at radius 3 is 2.52 bits per heavy atom. The van der Waals surface area contributed by atoms with Crippen LogP contribution in [0.1, 0.15) is 39.2 Å². The fraction of sp³-hybridized carbons (Fsp3) is 0.400. The summed E-state index contributed by atoms with van der Waals surface area (Å²) in [7, 11) is 2.10. The van der Waals surface area contributed by atoms with Crippen molar-refractivity contribution in [3.05, 3.63) is 47.0 Å². The molecule has 0 bridgehead atoms. The molecule has 1 aliphatic heterocycles. The van der Waals surface area contributed by atoms with E-state index in [-0.39, 0.29) is 0 Å². The number of halogens is 1. The number of nitrogens with zero attached hydrogens (tertiary/aromatic N) is 1. The van der Waals surface area contributed by atoms with Gasteiger partial charge in [0, 0.05) is 12.1 Å². The van der Waals surface area contributed by atoms with Gasteiger partial charge in [0.2, 0.25) is 0 Å². The van der Waals surface area contributed by atoms with Crippen molar-refractivity contribution < 1.29 is 4.74 Å². The minimum atomic E-state index is 0.429. The predicted octanol–water partition coefficient (Wildman–Crippen LogP) is 5.99. The van der Waals surface area contributed by atoms with Crippen LogP contribution in [-0.4, -0.2) is 20.2 Å². The molecule has 0 spiro atoms. The summed E-state index contributed by atoms with van der Waals surface area (Å²) in [6.07, 6.45) is 0. The first-order chi connectivity index (χ1) is 11.1. The average Bonchev–Trinajstić information content (AvgIpc) is 2.56. The number of hydrogen-bond donors (Lipinski definition) is 0. The van der Waals surface area contributed by atoms with Gasteiger partial charge in [-0.2, -0.15) is 0 Å². The Morgan fingerprint density at radius 1 is 1.09 bits per heavy atom. The molecule has 0 saturated carbocycles. The number of benzene rings is 2. The summed E-state index contributed by atoms with van der Waals surface area (Å²) in [5.74, 6) is 1.39. The van der Waals surface area contributed by atoms with Gasteiger partial charge in [-0.1, -0.05) is 51.4 Å². The second-order valence-electron chi connectivity index (χ2n) is 5.84. The van der Waals surface area contributed by atoms with Crippen molar-refractivity contribution in [2.75, 3.05) is 25.1 Å². The van der Waals surface area contributed by atoms with Crippen molar-refractivity contribution in [2.24, 2.45) is 0 Å². The van der Waals surface area contributed by atoms with Crippen LogP contribution in [-0.2, 0) is 0 Å². The Kier molecular flexibility index (Phi) is 5.95. The molecule has 2 nitrogen and oxygen atoms in total. The van der Waals surface area contributed by atoms with E-state index in [9.17, 15) is 0 Å². The third-order valence-electron chi connectivity index (χ3n) is 4.00. The van der Waals surface area contributed by atoms with Gasteiger partial charge in [-0.3, -0.25) is 0 Å². The largest absolute Gasteiger partial charge is 0.490 e. The Balaban J connectivity index is 0.000000924. The highest BCUT2D eigenvalue weighted by atomic mass is 35.5. The Hall–Kier alpha value is -1.67. The van der Waals surface area contributed by atoms with E-state index in [4.69, 9.17) is 16.3 Å². The lowest BCUT2D eigenvalue weighted by atomic mass is 9.92. The van der Waals surface area contributed by atoms with Gasteiger partial charge < -0.3 is 9.64 Å². The smallest absolute Gasteiger partial charge is 0.143 e. The van der Waals surface area contributed by atoms with E-state index in [1.807, 2.05) is 19.9 Å². The average molecular weight is 332 g/mol. The Morgan fingerprint density at radius 2 is 1.83 bits per heavy atom. The Bertz CT molecular complexity index is 667. The number of likely N-dealkylation sites (N-methyl/N-ethyl adjacent to an activating group) is 1. The minimum Gasteiger partial charge on any atom is -0.490 e. The molecule has 0 unspecified atom stereocenters. The van der Waals surface area contributed by atoms with Gasteiger partial charge in [0.05, 0.1) is 12.2 Å². The quantitative estimate of drug-likeness (QED) is 0.670. The SMILES string of the molecule is CC.CC(C)c1cc(Cl)ccc1-c1ccc2c(c1)OCCN2C. The Labute approximate surface area is 145 Å². The third kappa shape index (κ3) is 3.81. The van der Waals surface area contributed by atoms with Crippen LogP contribution in [0.15, 0.2) is 36.4 Å². The summed E-state index contributed by atoms with van der Waals surface area (Å²) in [6, 6.07) is 12.6. The zero-order valence-electron chi connectivity index (χ0n) is 14.7. The molecule has 0 saturated heterocycles. The summed E-state index contributed by atoms with van der Waals surface area (Å²) < 4.78 is 5.81. The maximum atomic E-state index is 6.15. The topological polar surface area (TPSA) is 12.5 Å². The molecule has 2 aromatic rings. The van der Waals surface area contributed by atoms with Gasteiger partial charge in [-0.05, 0) is 46.9 Å². The van der Waals surface area contributed by atoms with E-state index in [1.54, 1.807) is 0 Å². The van der Waals surface area contributed by atoms with Crippen LogP contribution < -0.4 is 9.64 Å². The van der Waals surface area contributed by atoms with E-state index in [0.717, 1.165) is 29.6 Å². The molecule has 0 atom stereocenters. The van der Waals surface area contributed by atoms with Gasteiger partial charge in [-0.25, -0.2) is 0 Å². The molecule has 3 rings (SSSR count). The van der Waals surface area contributed by atoms with Gasteiger partial charge in [0.25, 0.3) is 0 Å². The van der Waals surface area contributed by atoms with Gasteiger partial charge in [0.15, 0.2) is 0 Å². The lowest BCUT2D eigenvalue weighted by molar-refractivity contribution is 0.311. The van der Waals surface area contributed by atoms with Crippen molar-refractivity contribution >= 4 is 17.3 Å². The van der Waals surface area contributed by atoms with Crippen LogP contribution in [0, 0.1) is 0 Å². The summed E-state index contributed by atoms with van der Waals surface area (Å²) >= 11 is 6.15. The van der Waals surface area contributed by atoms with Gasteiger partial charge in [0.1, 0.15) is 12.4 Å². The molecule has 0 amide bonds. The first-order valence-corrected chi connectivity index (χ1v) is 8.72. The highest BCUT2D eigenvalue weighted by molar-refractivity contribution is 6.30. The maximum absolute atomic E-state index is 6.15. The lowest BCUT2D eigenvalue weighted by Gasteiger charge is -2.28. The molecule has 3 heteroatoms. The van der Waals surface area contributed by atoms with Gasteiger partial charge in [-0.15, -0.1) is 0 Å². The van der Waals surface area contributed by atoms with Crippen molar-refractivity contribution in [3.63, 3.8) is 0 Å². The van der Waals surface area contributed by atoms with Crippen LogP contribution >= 0.6 is 11.6 Å². The van der Waals surface area contributed by atoms with E-state index in [1.165, 1.54) is 16.7 Å². The number of fused-ring (bicyclic) bond motifs is 1. The monoisotopic (exact) mass is 331 g/mol. The summed E-state index contributed by atoms with van der Waals surface area (Å²) in [6.45, 7) is 10.1. The van der Waals surface area contributed by atoms with E-state index in [2.05, 4.69) is 56.1 Å². The fourth-order valence-electron chi connectivity index (χ4n) is 2.80. The van der Waals surface area contributed by atoms with E-state index >= 15 is 0 Å². The van der Waals surface area contributed by atoms with Crippen molar-refractivity contribution in [3.8, 4) is 16.9 Å². The fourth-order valence-corrected chi connectivity index (χ4v) is 2.98. The molecule has 0 N–H and O–H groups in total. The highest BCUT2D eigenvalue weighted by Crippen LogP contribution is 2.38. The minimum absolute atomic E-state index is 0.429. The highest BCUT2D eigenvalue weighted by Gasteiger charge is 2.17. The molecule has 124 valence electrons. The van der Waals surface area contributed by atoms with Crippen molar-refractivity contribution in [2.45, 2.75) is 33.6 Å². The summed E-state index contributed by atoms with van der Waals surface area (Å²) in [5, 5.41) is 0.788. The van der Waals surface area contributed by atoms with Crippen LogP contribution in [0.4, 0.5) is 5.69 Å². The van der Waals surface area contributed by atoms with E-state index < -0.39 is 0 Å². The zero-order chi connectivity index (χ0) is 17.0.